The van der Waals surface area contributed by atoms with Gasteiger partial charge in [-0.2, -0.15) is 52.7 Å². The largest absolute Gasteiger partial charge is 0.506 e. The fourth-order valence-electron chi connectivity index (χ4n) is 6.83. The van der Waals surface area contributed by atoms with Crippen molar-refractivity contribution in [3.8, 4) is 11.5 Å². The van der Waals surface area contributed by atoms with Gasteiger partial charge in [0, 0.05) is 29.5 Å². The second kappa shape index (κ2) is 15.8. The molecule has 8 nitrogen and oxygen atoms in total. The van der Waals surface area contributed by atoms with Crippen molar-refractivity contribution in [3.63, 3.8) is 0 Å². The third-order valence-electron chi connectivity index (χ3n) is 10.1. The third kappa shape index (κ3) is 7.93. The van der Waals surface area contributed by atoms with Gasteiger partial charge in [-0.15, -0.1) is 0 Å². The van der Waals surface area contributed by atoms with Crippen LogP contribution in [0.25, 0.3) is 0 Å². The molecule has 0 saturated heterocycles. The highest BCUT2D eigenvalue weighted by Gasteiger charge is 2.74. The molecule has 2 amide bonds. The van der Waals surface area contributed by atoms with Gasteiger partial charge in [0.05, 0.1) is 11.4 Å². The summed E-state index contributed by atoms with van der Waals surface area (Å²) in [6.45, 7) is 2.64. The number of alkyl halides is 12. The molecule has 20 heteroatoms. The van der Waals surface area contributed by atoms with E-state index in [1.54, 1.807) is 0 Å². The van der Waals surface area contributed by atoms with Crippen LogP contribution in [0, 0.1) is 13.8 Å². The molecule has 7 N–H and O–H groups in total. The highest BCUT2D eigenvalue weighted by atomic mass is 19.4. The van der Waals surface area contributed by atoms with Crippen LogP contribution in [0.3, 0.4) is 0 Å². The van der Waals surface area contributed by atoms with E-state index in [1.165, 1.54) is 20.9 Å². The van der Waals surface area contributed by atoms with Gasteiger partial charge in [0.1, 0.15) is 11.5 Å². The standard InChI is InChI=1S/C41H32F12N4O4/c1-20-4-10-24(16-28(20)54)36(38(42,43)44,39(45,46)47)27-13-15-33(59)31(19-27)57-35(61)23-8-6-22(7-9-23)34(60)56-29-17-25(11-5-21(29)2)37(40(48,49)50,41(51,52)53)26-12-14-32(58)30(18-26)55-3/h4-19,55,58-59H,54H2,1-3H3,(H,56,60)(H,57,61). The van der Waals surface area contributed by atoms with Crippen LogP contribution in [-0.4, -0.2) is 53.8 Å². The number of amides is 2. The summed E-state index contributed by atoms with van der Waals surface area (Å²) in [7, 11) is 1.17. The molecule has 0 aliphatic rings. The Balaban J connectivity index is 1.46. The lowest BCUT2D eigenvalue weighted by Gasteiger charge is -2.38. The van der Waals surface area contributed by atoms with Crippen molar-refractivity contribution in [2.45, 2.75) is 49.4 Å². The molecule has 0 aromatic heterocycles. The summed E-state index contributed by atoms with van der Waals surface area (Å²) in [6, 6.07) is 10.7. The highest BCUT2D eigenvalue weighted by Crippen LogP contribution is 2.59. The quantitative estimate of drug-likeness (QED) is 0.0496. The molecular weight excluding hydrogens is 840 g/mol. The second-order valence-electron chi connectivity index (χ2n) is 13.8. The summed E-state index contributed by atoms with van der Waals surface area (Å²) in [5.74, 6) is -3.84. The molecule has 0 aliphatic carbocycles. The van der Waals surface area contributed by atoms with Crippen molar-refractivity contribution in [1.82, 2.24) is 0 Å². The molecule has 324 valence electrons. The number of nitrogens with one attached hydrogen (secondary N) is 3. The number of nitrogen functional groups attached to an aromatic ring is 1. The van der Waals surface area contributed by atoms with E-state index < -0.39 is 98.2 Å². The highest BCUT2D eigenvalue weighted by molar-refractivity contribution is 6.07. The molecule has 5 aromatic carbocycles. The van der Waals surface area contributed by atoms with E-state index in [9.17, 15) is 72.5 Å². The van der Waals surface area contributed by atoms with Crippen molar-refractivity contribution in [2.75, 3.05) is 28.7 Å². The minimum absolute atomic E-state index is 0.0286. The number of nitrogens with two attached hydrogens (primary N) is 1. The molecule has 0 fully saturated rings. The summed E-state index contributed by atoms with van der Waals surface area (Å²) in [5, 5.41) is 26.9. The normalized spacial score (nSPS) is 12.8. The lowest BCUT2D eigenvalue weighted by atomic mass is 9.72. The number of benzene rings is 5. The average Bonchev–Trinajstić information content (AvgIpc) is 3.14. The zero-order valence-corrected chi connectivity index (χ0v) is 31.6. The van der Waals surface area contributed by atoms with Gasteiger partial charge in [0.15, 0.2) is 0 Å². The molecule has 0 heterocycles. The van der Waals surface area contributed by atoms with Gasteiger partial charge in [0.25, 0.3) is 11.8 Å². The molecule has 0 spiro atoms. The molecular formula is C41H32F12N4O4. The van der Waals surface area contributed by atoms with E-state index in [0.717, 1.165) is 36.4 Å². The van der Waals surface area contributed by atoms with Crippen molar-refractivity contribution in [2.24, 2.45) is 0 Å². The Morgan fingerprint density at radius 2 is 0.803 bits per heavy atom. The summed E-state index contributed by atoms with van der Waals surface area (Å²) in [5.41, 5.74) is -11.7. The number of hydrogen-bond donors (Lipinski definition) is 6. The molecule has 5 aromatic rings. The Hall–Kier alpha value is -6.60. The van der Waals surface area contributed by atoms with E-state index in [4.69, 9.17) is 5.73 Å². The van der Waals surface area contributed by atoms with E-state index in [-0.39, 0.29) is 34.0 Å². The monoisotopic (exact) mass is 872 g/mol. The summed E-state index contributed by atoms with van der Waals surface area (Å²) < 4.78 is 177. The van der Waals surface area contributed by atoms with Gasteiger partial charge in [-0.1, -0.05) is 36.4 Å². The van der Waals surface area contributed by atoms with Gasteiger partial charge in [-0.3, -0.25) is 9.59 Å². The Labute approximate surface area is 338 Å². The van der Waals surface area contributed by atoms with E-state index >= 15 is 0 Å². The predicted molar refractivity (Wildman–Crippen MR) is 201 cm³/mol. The van der Waals surface area contributed by atoms with Crippen LogP contribution >= 0.6 is 0 Å². The Morgan fingerprint density at radius 3 is 1.20 bits per heavy atom. The number of rotatable bonds is 9. The number of halogens is 12. The van der Waals surface area contributed by atoms with Gasteiger partial charge < -0.3 is 31.9 Å². The third-order valence-corrected chi connectivity index (χ3v) is 10.1. The first-order chi connectivity index (χ1) is 28.1. The first-order valence-corrected chi connectivity index (χ1v) is 17.4. The number of aryl methyl sites for hydroxylation is 2. The van der Waals surface area contributed by atoms with E-state index in [1.807, 2.05) is 5.32 Å². The topological polar surface area (TPSA) is 137 Å². The molecule has 0 radical (unpaired) electrons. The zero-order chi connectivity index (χ0) is 45.7. The molecule has 0 bridgehead atoms. The molecule has 0 aliphatic heterocycles. The maximum absolute atomic E-state index is 14.8. The first kappa shape index (κ1) is 45.5. The smallest absolute Gasteiger partial charge is 0.411 e. The van der Waals surface area contributed by atoms with Crippen molar-refractivity contribution in [1.29, 1.82) is 0 Å². The summed E-state index contributed by atoms with van der Waals surface area (Å²) in [6.07, 6.45) is -24.1. The lowest BCUT2D eigenvalue weighted by Crippen LogP contribution is -2.54. The number of phenolic OH excluding ortho intramolecular Hbond substituents is 2. The van der Waals surface area contributed by atoms with Crippen LogP contribution in [0.15, 0.2) is 97.1 Å². The van der Waals surface area contributed by atoms with Crippen LogP contribution in [0.5, 0.6) is 11.5 Å². The predicted octanol–water partition coefficient (Wildman–Crippen LogP) is 10.7. The van der Waals surface area contributed by atoms with Crippen molar-refractivity contribution >= 4 is 34.6 Å². The first-order valence-electron chi connectivity index (χ1n) is 17.4. The Morgan fingerprint density at radius 1 is 0.475 bits per heavy atom. The van der Waals surface area contributed by atoms with Crippen molar-refractivity contribution in [3.05, 3.63) is 142 Å². The summed E-state index contributed by atoms with van der Waals surface area (Å²) >= 11 is 0. The van der Waals surface area contributed by atoms with Gasteiger partial charge in [-0.25, -0.2) is 0 Å². The fourth-order valence-corrected chi connectivity index (χ4v) is 6.83. The number of hydrogen-bond acceptors (Lipinski definition) is 6. The maximum atomic E-state index is 14.8. The maximum Gasteiger partial charge on any atom is 0.411 e. The minimum Gasteiger partial charge on any atom is -0.506 e. The molecule has 5 rings (SSSR count). The second-order valence-corrected chi connectivity index (χ2v) is 13.8. The number of carbonyl (C=O) groups is 2. The lowest BCUT2D eigenvalue weighted by molar-refractivity contribution is -0.290. The summed E-state index contributed by atoms with van der Waals surface area (Å²) in [4.78, 5) is 26.4. The van der Waals surface area contributed by atoms with E-state index in [0.29, 0.717) is 54.6 Å². The minimum atomic E-state index is -6.04. The fraction of sp³-hybridized carbons (Fsp3) is 0.220. The van der Waals surface area contributed by atoms with Gasteiger partial charge in [-0.05, 0) is 108 Å². The van der Waals surface area contributed by atoms with Crippen LogP contribution < -0.4 is 21.7 Å². The zero-order valence-electron chi connectivity index (χ0n) is 31.6. The number of carbonyl (C=O) groups excluding carboxylic acids is 2. The molecule has 61 heavy (non-hydrogen) atoms. The average molecular weight is 873 g/mol. The number of anilines is 4. The molecule has 0 atom stereocenters. The van der Waals surface area contributed by atoms with Crippen LogP contribution in [-0.2, 0) is 10.8 Å². The molecule has 0 unspecified atom stereocenters. The Bertz CT molecular complexity index is 2450. The van der Waals surface area contributed by atoms with Crippen LogP contribution in [0.2, 0.25) is 0 Å². The SMILES string of the molecule is CNc1cc(C(c2ccc(C)c(NC(=O)c3ccc(C(=O)Nc4cc(C(c5ccc(C)c(N)c5)(C(F)(F)F)C(F)(F)F)ccc4O)cc3)c2)(C(F)(F)F)C(F)(F)F)ccc1O. The van der Waals surface area contributed by atoms with Gasteiger partial charge in [0.2, 0.25) is 10.8 Å². The van der Waals surface area contributed by atoms with Gasteiger partial charge >= 0.3 is 24.7 Å². The van der Waals surface area contributed by atoms with Crippen molar-refractivity contribution < 1.29 is 72.5 Å². The number of phenols is 2. The molecule has 0 saturated carbocycles. The Kier molecular flexibility index (Phi) is 11.8. The van der Waals surface area contributed by atoms with Crippen LogP contribution in [0.1, 0.15) is 54.1 Å². The number of aromatic hydroxyl groups is 2. The van der Waals surface area contributed by atoms with Crippen LogP contribution in [0.4, 0.5) is 75.4 Å². The van der Waals surface area contributed by atoms with E-state index in [2.05, 4.69) is 10.6 Å².